The first-order chi connectivity index (χ1) is 11.8. The lowest BCUT2D eigenvalue weighted by atomic mass is 10.1. The first-order valence-electron chi connectivity index (χ1n) is 8.32. The number of aromatic amines is 1. The highest BCUT2D eigenvalue weighted by Crippen LogP contribution is 2.19. The van der Waals surface area contributed by atoms with Crippen LogP contribution in [0, 0.1) is 5.92 Å². The number of likely N-dealkylation sites (tertiary alicyclic amines) is 1. The second kappa shape index (κ2) is 8.07. The molecule has 0 saturated carbocycles. The number of nitrogens with one attached hydrogen (secondary N) is 3. The highest BCUT2D eigenvalue weighted by molar-refractivity contribution is 5.98. The van der Waals surface area contributed by atoms with Gasteiger partial charge in [0, 0.05) is 33.4 Å². The Balaban J connectivity index is 1.42. The van der Waals surface area contributed by atoms with E-state index in [0.29, 0.717) is 23.7 Å². The zero-order chi connectivity index (χ0) is 16.8. The van der Waals surface area contributed by atoms with E-state index in [4.69, 9.17) is 4.74 Å². The van der Waals surface area contributed by atoms with E-state index >= 15 is 0 Å². The molecule has 0 radical (unpaired) electrons. The molecule has 0 spiro atoms. The molecule has 8 nitrogen and oxygen atoms in total. The maximum absolute atomic E-state index is 12.1. The van der Waals surface area contributed by atoms with Crippen LogP contribution < -0.4 is 10.6 Å². The fourth-order valence-corrected chi connectivity index (χ4v) is 3.09. The number of amides is 2. The van der Waals surface area contributed by atoms with Crippen LogP contribution in [0.5, 0.6) is 0 Å². The van der Waals surface area contributed by atoms with Gasteiger partial charge in [-0.15, -0.1) is 0 Å². The summed E-state index contributed by atoms with van der Waals surface area (Å²) in [6.07, 6.45) is 2.17. The van der Waals surface area contributed by atoms with Gasteiger partial charge in [0.25, 0.3) is 0 Å². The quantitative estimate of drug-likeness (QED) is 0.667. The molecule has 2 heterocycles. The van der Waals surface area contributed by atoms with Crippen LogP contribution in [0.3, 0.4) is 0 Å². The minimum atomic E-state index is -0.205. The van der Waals surface area contributed by atoms with Crippen molar-refractivity contribution < 1.29 is 9.53 Å². The Morgan fingerprint density at radius 3 is 3.25 bits per heavy atom. The molecule has 1 aromatic carbocycles. The van der Waals surface area contributed by atoms with Crippen LogP contribution >= 0.6 is 0 Å². The lowest BCUT2D eigenvalue weighted by molar-refractivity contribution is 0.178. The molecule has 0 aliphatic carbocycles. The number of ether oxygens (including phenoxy) is 1. The van der Waals surface area contributed by atoms with E-state index in [1.807, 2.05) is 18.2 Å². The summed E-state index contributed by atoms with van der Waals surface area (Å²) >= 11 is 0. The maximum Gasteiger partial charge on any atom is 0.319 e. The molecule has 130 valence electrons. The number of para-hydroxylation sites is 1. The van der Waals surface area contributed by atoms with Crippen LogP contribution in [0.1, 0.15) is 12.8 Å². The summed E-state index contributed by atoms with van der Waals surface area (Å²) in [5.41, 5.74) is 2.06. The number of benzene rings is 1. The molecule has 1 saturated heterocycles. The molecule has 3 N–H and O–H groups in total. The summed E-state index contributed by atoms with van der Waals surface area (Å²) in [6.45, 7) is 4.67. The van der Waals surface area contributed by atoms with Crippen molar-refractivity contribution in [1.82, 2.24) is 25.6 Å². The smallest absolute Gasteiger partial charge is 0.319 e. The van der Waals surface area contributed by atoms with Gasteiger partial charge in [-0.25, -0.2) is 4.79 Å². The van der Waals surface area contributed by atoms with Crippen molar-refractivity contribution >= 4 is 22.8 Å². The van der Waals surface area contributed by atoms with Gasteiger partial charge < -0.3 is 20.3 Å². The number of nitrogens with zero attached hydrogens (tertiary/aromatic N) is 3. The van der Waals surface area contributed by atoms with E-state index < -0.39 is 0 Å². The van der Waals surface area contributed by atoms with Crippen molar-refractivity contribution in [3.05, 3.63) is 18.2 Å². The third-order valence-electron chi connectivity index (χ3n) is 4.34. The molecule has 1 aliphatic heterocycles. The van der Waals surface area contributed by atoms with Gasteiger partial charge in [0.2, 0.25) is 0 Å². The summed E-state index contributed by atoms with van der Waals surface area (Å²) in [6, 6.07) is 5.30. The van der Waals surface area contributed by atoms with Crippen molar-refractivity contribution in [3.63, 3.8) is 0 Å². The standard InChI is InChI=1S/C16H24N6O2/c1-24-9-3-7-22-8-6-12(11-22)10-17-16(23)18-13-4-2-5-14-15(13)20-21-19-14/h2,4-5,12H,3,6-11H2,1H3,(H2,17,18,23)(H,19,20,21). The van der Waals surface area contributed by atoms with Crippen LogP contribution in [0.15, 0.2) is 18.2 Å². The van der Waals surface area contributed by atoms with E-state index in [2.05, 4.69) is 30.9 Å². The van der Waals surface area contributed by atoms with E-state index in [1.54, 1.807) is 7.11 Å². The maximum atomic E-state index is 12.1. The van der Waals surface area contributed by atoms with Gasteiger partial charge in [0.1, 0.15) is 11.0 Å². The van der Waals surface area contributed by atoms with Crippen molar-refractivity contribution in [2.75, 3.05) is 45.2 Å². The number of aromatic nitrogens is 3. The minimum Gasteiger partial charge on any atom is -0.385 e. The Morgan fingerprint density at radius 2 is 2.38 bits per heavy atom. The molecule has 2 aromatic rings. The van der Waals surface area contributed by atoms with Crippen molar-refractivity contribution in [2.24, 2.45) is 5.92 Å². The van der Waals surface area contributed by atoms with Gasteiger partial charge in [-0.2, -0.15) is 15.4 Å². The molecule has 0 bridgehead atoms. The number of carbonyl (C=O) groups excluding carboxylic acids is 1. The van der Waals surface area contributed by atoms with Crippen molar-refractivity contribution in [1.29, 1.82) is 0 Å². The van der Waals surface area contributed by atoms with Crippen LogP contribution in [-0.2, 0) is 4.74 Å². The van der Waals surface area contributed by atoms with E-state index in [-0.39, 0.29) is 6.03 Å². The molecule has 8 heteroatoms. The van der Waals surface area contributed by atoms with Gasteiger partial charge in [0.05, 0.1) is 5.69 Å². The molecule has 2 amide bonds. The van der Waals surface area contributed by atoms with Gasteiger partial charge >= 0.3 is 6.03 Å². The second-order valence-electron chi connectivity index (χ2n) is 6.13. The molecule has 1 atom stereocenters. The summed E-state index contributed by atoms with van der Waals surface area (Å²) < 4.78 is 5.08. The second-order valence-corrected chi connectivity index (χ2v) is 6.13. The molecule has 1 aromatic heterocycles. The first-order valence-corrected chi connectivity index (χ1v) is 8.32. The predicted octanol–water partition coefficient (Wildman–Crippen LogP) is 1.44. The minimum absolute atomic E-state index is 0.205. The Bertz CT molecular complexity index is 673. The molecule has 24 heavy (non-hydrogen) atoms. The molecular formula is C16H24N6O2. The number of methoxy groups -OCH3 is 1. The summed E-state index contributed by atoms with van der Waals surface area (Å²) in [7, 11) is 1.73. The summed E-state index contributed by atoms with van der Waals surface area (Å²) in [5.74, 6) is 0.501. The number of H-pyrrole nitrogens is 1. The van der Waals surface area contributed by atoms with E-state index in [9.17, 15) is 4.79 Å². The van der Waals surface area contributed by atoms with Crippen LogP contribution in [0.4, 0.5) is 10.5 Å². The van der Waals surface area contributed by atoms with Crippen LogP contribution in [-0.4, -0.2) is 66.2 Å². The number of rotatable bonds is 7. The molecule has 1 fully saturated rings. The number of hydrogen-bond acceptors (Lipinski definition) is 5. The molecule has 3 rings (SSSR count). The van der Waals surface area contributed by atoms with E-state index in [1.165, 1.54) is 0 Å². The fraction of sp³-hybridized carbons (Fsp3) is 0.562. The highest BCUT2D eigenvalue weighted by Gasteiger charge is 2.22. The number of fused-ring (bicyclic) bond motifs is 1. The lowest BCUT2D eigenvalue weighted by Gasteiger charge is -2.16. The van der Waals surface area contributed by atoms with Crippen LogP contribution in [0.2, 0.25) is 0 Å². The average Bonchev–Trinajstić information content (AvgIpc) is 3.23. The normalized spacial score (nSPS) is 18.1. The predicted molar refractivity (Wildman–Crippen MR) is 92.0 cm³/mol. The Labute approximate surface area is 140 Å². The fourth-order valence-electron chi connectivity index (χ4n) is 3.09. The van der Waals surface area contributed by atoms with Crippen LogP contribution in [0.25, 0.3) is 11.0 Å². The zero-order valence-electron chi connectivity index (χ0n) is 13.9. The monoisotopic (exact) mass is 332 g/mol. The number of carbonyl (C=O) groups is 1. The number of hydrogen-bond donors (Lipinski definition) is 3. The SMILES string of the molecule is COCCCN1CCC(CNC(=O)Nc2cccc3n[nH]nc23)C1. The Kier molecular flexibility index (Phi) is 5.60. The van der Waals surface area contributed by atoms with Gasteiger partial charge in [-0.1, -0.05) is 6.07 Å². The van der Waals surface area contributed by atoms with Gasteiger partial charge in [-0.05, 0) is 37.4 Å². The molecule has 1 aliphatic rings. The number of urea groups is 1. The van der Waals surface area contributed by atoms with Gasteiger partial charge in [0.15, 0.2) is 0 Å². The lowest BCUT2D eigenvalue weighted by Crippen LogP contribution is -2.34. The Morgan fingerprint density at radius 1 is 1.46 bits per heavy atom. The molecular weight excluding hydrogens is 308 g/mol. The van der Waals surface area contributed by atoms with Crippen molar-refractivity contribution in [2.45, 2.75) is 12.8 Å². The van der Waals surface area contributed by atoms with Gasteiger partial charge in [-0.3, -0.25) is 0 Å². The first kappa shape index (κ1) is 16.7. The average molecular weight is 332 g/mol. The highest BCUT2D eigenvalue weighted by atomic mass is 16.5. The van der Waals surface area contributed by atoms with Crippen molar-refractivity contribution in [3.8, 4) is 0 Å². The number of anilines is 1. The Hall–Kier alpha value is -2.19. The topological polar surface area (TPSA) is 95.2 Å². The summed E-state index contributed by atoms with van der Waals surface area (Å²) in [4.78, 5) is 14.5. The summed E-state index contributed by atoms with van der Waals surface area (Å²) in [5, 5.41) is 16.4. The van der Waals surface area contributed by atoms with E-state index in [0.717, 1.165) is 44.6 Å². The largest absolute Gasteiger partial charge is 0.385 e. The third kappa shape index (κ3) is 4.21. The zero-order valence-corrected chi connectivity index (χ0v) is 13.9. The third-order valence-corrected chi connectivity index (χ3v) is 4.34. The molecule has 1 unspecified atom stereocenters.